The Morgan fingerprint density at radius 1 is 0.846 bits per heavy atom. The van der Waals surface area contributed by atoms with E-state index in [2.05, 4.69) is 0 Å². The molecule has 0 unspecified atom stereocenters. The van der Waals surface area contributed by atoms with Gasteiger partial charge in [0.25, 0.3) is 0 Å². The largest absolute Gasteiger partial charge is 0.496 e. The standard InChI is InChI=1S/C18H16O8/c1-20-11-6-13-12(23-7-24-13)4-9(11)15-10(18(19)22-3)5-14(21-2)16-17(15)26-8-25-16/h4-6H,7-8H2,1-3H3. The first-order chi connectivity index (χ1) is 12.7. The maximum Gasteiger partial charge on any atom is 0.338 e. The summed E-state index contributed by atoms with van der Waals surface area (Å²) in [5.74, 6) is 2.21. The van der Waals surface area contributed by atoms with Crippen LogP contribution >= 0.6 is 0 Å². The third kappa shape index (κ3) is 2.33. The van der Waals surface area contributed by atoms with Gasteiger partial charge in [0, 0.05) is 17.2 Å². The molecule has 26 heavy (non-hydrogen) atoms. The lowest BCUT2D eigenvalue weighted by Crippen LogP contribution is -2.06. The predicted octanol–water partition coefficient (Wildman–Crippen LogP) is 2.61. The molecular weight excluding hydrogens is 344 g/mol. The van der Waals surface area contributed by atoms with Gasteiger partial charge in [-0.3, -0.25) is 0 Å². The third-order valence-corrected chi connectivity index (χ3v) is 4.20. The van der Waals surface area contributed by atoms with Crippen molar-refractivity contribution >= 4 is 5.97 Å². The summed E-state index contributed by atoms with van der Waals surface area (Å²) in [6.07, 6.45) is 0. The molecule has 2 aliphatic rings. The van der Waals surface area contributed by atoms with Crippen molar-refractivity contribution in [2.24, 2.45) is 0 Å². The first kappa shape index (κ1) is 16.2. The Morgan fingerprint density at radius 2 is 1.50 bits per heavy atom. The molecule has 4 rings (SSSR count). The topological polar surface area (TPSA) is 81.7 Å². The fourth-order valence-corrected chi connectivity index (χ4v) is 3.02. The van der Waals surface area contributed by atoms with Crippen LogP contribution in [-0.2, 0) is 4.74 Å². The molecule has 0 saturated carbocycles. The van der Waals surface area contributed by atoms with Gasteiger partial charge in [0.1, 0.15) is 5.75 Å². The van der Waals surface area contributed by atoms with E-state index in [4.69, 9.17) is 33.2 Å². The van der Waals surface area contributed by atoms with Crippen molar-refractivity contribution in [3.05, 3.63) is 23.8 Å². The van der Waals surface area contributed by atoms with Crippen molar-refractivity contribution < 1.29 is 38.0 Å². The van der Waals surface area contributed by atoms with Crippen LogP contribution in [0.1, 0.15) is 10.4 Å². The second-order valence-corrected chi connectivity index (χ2v) is 5.46. The molecule has 2 aliphatic heterocycles. The number of carbonyl (C=O) groups is 1. The van der Waals surface area contributed by atoms with E-state index in [1.165, 1.54) is 21.3 Å². The molecular formula is C18H16O8. The highest BCUT2D eigenvalue weighted by atomic mass is 16.7. The van der Waals surface area contributed by atoms with Crippen molar-refractivity contribution in [1.29, 1.82) is 0 Å². The van der Waals surface area contributed by atoms with E-state index >= 15 is 0 Å². The highest BCUT2D eigenvalue weighted by Gasteiger charge is 2.32. The van der Waals surface area contributed by atoms with Crippen LogP contribution in [0.3, 0.4) is 0 Å². The summed E-state index contributed by atoms with van der Waals surface area (Å²) in [5, 5.41) is 0. The average Bonchev–Trinajstić information content (AvgIpc) is 3.33. The highest BCUT2D eigenvalue weighted by molar-refractivity contribution is 6.02. The normalized spacial score (nSPS) is 13.5. The lowest BCUT2D eigenvalue weighted by atomic mass is 9.96. The second-order valence-electron chi connectivity index (χ2n) is 5.46. The van der Waals surface area contributed by atoms with E-state index in [1.54, 1.807) is 18.2 Å². The number of hydrogen-bond acceptors (Lipinski definition) is 8. The molecule has 0 atom stereocenters. The Hall–Kier alpha value is -3.29. The van der Waals surface area contributed by atoms with Gasteiger partial charge in [0.05, 0.1) is 26.9 Å². The molecule has 0 aliphatic carbocycles. The minimum Gasteiger partial charge on any atom is -0.496 e. The Bertz CT molecular complexity index is 889. The molecule has 136 valence electrons. The summed E-state index contributed by atoms with van der Waals surface area (Å²) in [5.41, 5.74) is 1.31. The zero-order valence-corrected chi connectivity index (χ0v) is 14.4. The molecule has 0 N–H and O–H groups in total. The van der Waals surface area contributed by atoms with Crippen molar-refractivity contribution in [3.8, 4) is 45.6 Å². The summed E-state index contributed by atoms with van der Waals surface area (Å²) >= 11 is 0. The third-order valence-electron chi connectivity index (χ3n) is 4.20. The lowest BCUT2D eigenvalue weighted by molar-refractivity contribution is 0.0601. The lowest BCUT2D eigenvalue weighted by Gasteiger charge is -2.16. The SMILES string of the molecule is COC(=O)c1cc(OC)c2c(c1-c1cc3c(cc1OC)OCO3)OCO2. The van der Waals surface area contributed by atoms with Gasteiger partial charge in [0.15, 0.2) is 23.0 Å². The Morgan fingerprint density at radius 3 is 2.19 bits per heavy atom. The number of rotatable bonds is 4. The second kappa shape index (κ2) is 6.21. The fourth-order valence-electron chi connectivity index (χ4n) is 3.02. The molecule has 8 nitrogen and oxygen atoms in total. The highest BCUT2D eigenvalue weighted by Crippen LogP contribution is 2.53. The van der Waals surface area contributed by atoms with E-state index in [9.17, 15) is 4.79 Å². The number of esters is 1. The van der Waals surface area contributed by atoms with Crippen LogP contribution in [0, 0.1) is 0 Å². The van der Waals surface area contributed by atoms with Gasteiger partial charge in [-0.1, -0.05) is 0 Å². The summed E-state index contributed by atoms with van der Waals surface area (Å²) < 4.78 is 37.8. The van der Waals surface area contributed by atoms with Crippen molar-refractivity contribution in [2.45, 2.75) is 0 Å². The molecule has 0 bridgehead atoms. The summed E-state index contributed by atoms with van der Waals surface area (Å²) in [7, 11) is 4.32. The van der Waals surface area contributed by atoms with E-state index in [-0.39, 0.29) is 19.1 Å². The Balaban J connectivity index is 2.03. The van der Waals surface area contributed by atoms with Crippen LogP contribution < -0.4 is 28.4 Å². The monoisotopic (exact) mass is 360 g/mol. The van der Waals surface area contributed by atoms with Crippen molar-refractivity contribution in [3.63, 3.8) is 0 Å². The minimum absolute atomic E-state index is 0.0101. The Kier molecular flexibility index (Phi) is 3.87. The Labute approximate surface area is 149 Å². The van der Waals surface area contributed by atoms with Crippen LogP contribution in [0.2, 0.25) is 0 Å². The van der Waals surface area contributed by atoms with Gasteiger partial charge in [0.2, 0.25) is 19.3 Å². The van der Waals surface area contributed by atoms with Crippen LogP contribution in [-0.4, -0.2) is 40.9 Å². The van der Waals surface area contributed by atoms with E-state index < -0.39 is 5.97 Å². The molecule has 0 spiro atoms. The first-order valence-corrected chi connectivity index (χ1v) is 7.74. The van der Waals surface area contributed by atoms with Crippen molar-refractivity contribution in [1.82, 2.24) is 0 Å². The maximum absolute atomic E-state index is 12.4. The summed E-state index contributed by atoms with van der Waals surface area (Å²) in [6, 6.07) is 4.99. The van der Waals surface area contributed by atoms with Crippen LogP contribution in [0.15, 0.2) is 18.2 Å². The molecule has 0 aromatic heterocycles. The van der Waals surface area contributed by atoms with Crippen LogP contribution in [0.5, 0.6) is 34.5 Å². The number of benzene rings is 2. The van der Waals surface area contributed by atoms with Crippen LogP contribution in [0.25, 0.3) is 11.1 Å². The molecule has 0 amide bonds. The van der Waals surface area contributed by atoms with Gasteiger partial charge in [-0.2, -0.15) is 0 Å². The number of hydrogen-bond donors (Lipinski definition) is 0. The molecule has 0 fully saturated rings. The molecule has 8 heteroatoms. The quantitative estimate of drug-likeness (QED) is 0.770. The van der Waals surface area contributed by atoms with E-state index in [0.717, 1.165) is 0 Å². The number of fused-ring (bicyclic) bond motifs is 2. The zero-order chi connectivity index (χ0) is 18.3. The van der Waals surface area contributed by atoms with Crippen LogP contribution in [0.4, 0.5) is 0 Å². The molecule has 0 radical (unpaired) electrons. The summed E-state index contributed by atoms with van der Waals surface area (Å²) in [4.78, 5) is 12.4. The molecule has 2 aromatic carbocycles. The smallest absolute Gasteiger partial charge is 0.338 e. The van der Waals surface area contributed by atoms with Gasteiger partial charge in [-0.15, -0.1) is 0 Å². The zero-order valence-electron chi connectivity index (χ0n) is 14.4. The van der Waals surface area contributed by atoms with E-state index in [0.29, 0.717) is 45.6 Å². The average molecular weight is 360 g/mol. The van der Waals surface area contributed by atoms with Gasteiger partial charge in [-0.05, 0) is 12.1 Å². The first-order valence-electron chi connectivity index (χ1n) is 7.74. The molecule has 2 heterocycles. The predicted molar refractivity (Wildman–Crippen MR) is 88.6 cm³/mol. The number of ether oxygens (including phenoxy) is 7. The molecule has 0 saturated heterocycles. The number of carbonyl (C=O) groups excluding carboxylic acids is 1. The molecule has 2 aromatic rings. The summed E-state index contributed by atoms with van der Waals surface area (Å²) in [6.45, 7) is 0.127. The van der Waals surface area contributed by atoms with Gasteiger partial charge in [-0.25, -0.2) is 4.79 Å². The van der Waals surface area contributed by atoms with Crippen molar-refractivity contribution in [2.75, 3.05) is 34.9 Å². The fraction of sp³-hybridized carbons (Fsp3) is 0.278. The maximum atomic E-state index is 12.4. The number of methoxy groups -OCH3 is 3. The minimum atomic E-state index is -0.545. The van der Waals surface area contributed by atoms with Gasteiger partial charge < -0.3 is 33.2 Å². The van der Waals surface area contributed by atoms with Gasteiger partial charge >= 0.3 is 5.97 Å². The van der Waals surface area contributed by atoms with E-state index in [1.807, 2.05) is 0 Å².